The maximum absolute atomic E-state index is 11.4. The minimum absolute atomic E-state index is 0.163. The maximum Gasteiger partial charge on any atom is 0.0894 e. The molecule has 0 aromatic rings. The lowest BCUT2D eigenvalue weighted by atomic mass is 10.2. The van der Waals surface area contributed by atoms with Gasteiger partial charge in [-0.1, -0.05) is 0 Å². The Morgan fingerprint density at radius 1 is 1.25 bits per heavy atom. The first-order valence-electron chi connectivity index (χ1n) is 3.12. The van der Waals surface area contributed by atoms with Crippen LogP contribution in [-0.2, 0) is 0 Å². The van der Waals surface area contributed by atoms with Crippen LogP contribution in [0.4, 0.5) is 4.39 Å². The summed E-state index contributed by atoms with van der Waals surface area (Å²) in [6, 6.07) is 0. The molecule has 0 aromatic carbocycles. The Hall–Kier alpha value is -0.110. The zero-order valence-electron chi connectivity index (χ0n) is 5.41. The fourth-order valence-corrected chi connectivity index (χ4v) is 0.573. The van der Waals surface area contributed by atoms with Gasteiger partial charge < -0.3 is 5.32 Å². The number of hydrogen-bond acceptors (Lipinski definition) is 1. The van der Waals surface area contributed by atoms with Crippen LogP contribution in [0.2, 0.25) is 0 Å². The van der Waals surface area contributed by atoms with Crippen molar-refractivity contribution in [1.29, 1.82) is 0 Å². The van der Waals surface area contributed by atoms with E-state index in [0.29, 0.717) is 0 Å². The lowest BCUT2D eigenvalue weighted by Crippen LogP contribution is -2.06. The van der Waals surface area contributed by atoms with Crippen molar-refractivity contribution in [1.82, 2.24) is 5.32 Å². The van der Waals surface area contributed by atoms with Gasteiger partial charge in [0.15, 0.2) is 0 Å². The molecule has 8 heavy (non-hydrogen) atoms. The van der Waals surface area contributed by atoms with Gasteiger partial charge in [0.25, 0.3) is 0 Å². The number of halogens is 1. The van der Waals surface area contributed by atoms with E-state index in [-0.39, 0.29) is 6.67 Å². The van der Waals surface area contributed by atoms with Gasteiger partial charge in [-0.25, -0.2) is 0 Å². The van der Waals surface area contributed by atoms with Gasteiger partial charge in [0, 0.05) is 0 Å². The second-order valence-electron chi connectivity index (χ2n) is 1.85. The molecular formula is C6H14FN. The highest BCUT2D eigenvalue weighted by atomic mass is 19.1. The molecule has 0 amide bonds. The molecule has 0 saturated heterocycles. The Labute approximate surface area is 50.3 Å². The SMILES string of the molecule is CNCCCCCF. The third-order valence-electron chi connectivity index (χ3n) is 1.06. The largest absolute Gasteiger partial charge is 0.320 e. The van der Waals surface area contributed by atoms with E-state index >= 15 is 0 Å². The normalized spacial score (nSPS) is 9.75. The Kier molecular flexibility index (Phi) is 6.80. The van der Waals surface area contributed by atoms with Crippen molar-refractivity contribution in [3.63, 3.8) is 0 Å². The van der Waals surface area contributed by atoms with Crippen molar-refractivity contribution in [2.45, 2.75) is 19.3 Å². The molecule has 0 aliphatic carbocycles. The van der Waals surface area contributed by atoms with Gasteiger partial charge in [-0.3, -0.25) is 4.39 Å². The highest BCUT2D eigenvalue weighted by Gasteiger charge is 1.84. The molecular weight excluding hydrogens is 105 g/mol. The number of rotatable bonds is 5. The standard InChI is InChI=1S/C6H14FN/c1-8-6-4-2-3-5-7/h8H,2-6H2,1H3. The highest BCUT2D eigenvalue weighted by molar-refractivity contribution is 4.41. The van der Waals surface area contributed by atoms with Gasteiger partial charge in [0.05, 0.1) is 6.67 Å². The summed E-state index contributed by atoms with van der Waals surface area (Å²) in [6.07, 6.45) is 2.83. The van der Waals surface area contributed by atoms with Gasteiger partial charge in [-0.15, -0.1) is 0 Å². The molecule has 0 rings (SSSR count). The fraction of sp³-hybridized carbons (Fsp3) is 1.00. The lowest BCUT2D eigenvalue weighted by Gasteiger charge is -1.94. The molecule has 0 radical (unpaired) electrons. The molecule has 0 saturated carbocycles. The maximum atomic E-state index is 11.4. The van der Waals surface area contributed by atoms with E-state index in [1.54, 1.807) is 0 Å². The number of alkyl halides is 1. The van der Waals surface area contributed by atoms with Crippen molar-refractivity contribution in [2.24, 2.45) is 0 Å². The predicted octanol–water partition coefficient (Wildman–Crippen LogP) is 1.35. The third-order valence-corrected chi connectivity index (χ3v) is 1.06. The van der Waals surface area contributed by atoms with Crippen LogP contribution in [0.15, 0.2) is 0 Å². The molecule has 0 atom stereocenters. The van der Waals surface area contributed by atoms with Gasteiger partial charge in [0.1, 0.15) is 0 Å². The van der Waals surface area contributed by atoms with Gasteiger partial charge >= 0.3 is 0 Å². The van der Waals surface area contributed by atoms with Crippen molar-refractivity contribution in [2.75, 3.05) is 20.3 Å². The van der Waals surface area contributed by atoms with Crippen LogP contribution < -0.4 is 5.32 Å². The Morgan fingerprint density at radius 2 is 2.00 bits per heavy atom. The van der Waals surface area contributed by atoms with Crippen molar-refractivity contribution in [3.8, 4) is 0 Å². The molecule has 1 N–H and O–H groups in total. The van der Waals surface area contributed by atoms with Crippen molar-refractivity contribution in [3.05, 3.63) is 0 Å². The van der Waals surface area contributed by atoms with Crippen LogP contribution in [0.1, 0.15) is 19.3 Å². The first-order chi connectivity index (χ1) is 3.91. The van der Waals surface area contributed by atoms with Crippen LogP contribution in [-0.4, -0.2) is 20.3 Å². The summed E-state index contributed by atoms with van der Waals surface area (Å²) in [5.74, 6) is 0. The van der Waals surface area contributed by atoms with Crippen LogP contribution in [0.5, 0.6) is 0 Å². The van der Waals surface area contributed by atoms with Gasteiger partial charge in [-0.2, -0.15) is 0 Å². The first kappa shape index (κ1) is 7.89. The van der Waals surface area contributed by atoms with E-state index in [4.69, 9.17) is 0 Å². The van der Waals surface area contributed by atoms with Crippen molar-refractivity contribution < 1.29 is 4.39 Å². The van der Waals surface area contributed by atoms with E-state index in [2.05, 4.69) is 5.32 Å². The second kappa shape index (κ2) is 6.89. The molecule has 0 aliphatic rings. The molecule has 0 aliphatic heterocycles. The summed E-state index contributed by atoms with van der Waals surface area (Å²) in [5, 5.41) is 3.00. The number of unbranched alkanes of at least 4 members (excludes halogenated alkanes) is 2. The van der Waals surface area contributed by atoms with E-state index in [1.807, 2.05) is 7.05 Å². The Bertz CT molecular complexity index is 33.5. The minimum atomic E-state index is -0.163. The average molecular weight is 119 g/mol. The molecule has 0 fully saturated rings. The number of nitrogens with one attached hydrogen (secondary N) is 1. The summed E-state index contributed by atoms with van der Waals surface area (Å²) >= 11 is 0. The molecule has 0 heterocycles. The highest BCUT2D eigenvalue weighted by Crippen LogP contribution is 1.92. The molecule has 2 heteroatoms. The van der Waals surface area contributed by atoms with Gasteiger partial charge in [-0.05, 0) is 32.9 Å². The predicted molar refractivity (Wildman–Crippen MR) is 33.8 cm³/mol. The summed E-state index contributed by atoms with van der Waals surface area (Å²) in [6.45, 7) is 0.851. The van der Waals surface area contributed by atoms with E-state index < -0.39 is 0 Å². The average Bonchev–Trinajstić information content (AvgIpc) is 1.81. The fourth-order valence-electron chi connectivity index (χ4n) is 0.573. The Morgan fingerprint density at radius 3 is 2.50 bits per heavy atom. The molecule has 0 spiro atoms. The van der Waals surface area contributed by atoms with E-state index in [0.717, 1.165) is 25.8 Å². The van der Waals surface area contributed by atoms with Crippen LogP contribution in [0.25, 0.3) is 0 Å². The first-order valence-corrected chi connectivity index (χ1v) is 3.12. The third kappa shape index (κ3) is 5.89. The molecule has 0 aromatic heterocycles. The summed E-state index contributed by atoms with van der Waals surface area (Å²) < 4.78 is 11.4. The van der Waals surface area contributed by atoms with E-state index in [9.17, 15) is 4.39 Å². The molecule has 50 valence electrons. The molecule has 0 bridgehead atoms. The van der Waals surface area contributed by atoms with E-state index in [1.165, 1.54) is 0 Å². The van der Waals surface area contributed by atoms with Crippen LogP contribution >= 0.6 is 0 Å². The minimum Gasteiger partial charge on any atom is -0.320 e. The monoisotopic (exact) mass is 119 g/mol. The van der Waals surface area contributed by atoms with Crippen LogP contribution in [0, 0.1) is 0 Å². The summed E-state index contributed by atoms with van der Waals surface area (Å²) in [7, 11) is 1.91. The topological polar surface area (TPSA) is 12.0 Å². The van der Waals surface area contributed by atoms with Crippen LogP contribution in [0.3, 0.4) is 0 Å². The quantitative estimate of drug-likeness (QED) is 0.538. The van der Waals surface area contributed by atoms with Crippen molar-refractivity contribution >= 4 is 0 Å². The van der Waals surface area contributed by atoms with Gasteiger partial charge in [0.2, 0.25) is 0 Å². The zero-order valence-corrected chi connectivity index (χ0v) is 5.41. The molecule has 0 unspecified atom stereocenters. The second-order valence-corrected chi connectivity index (χ2v) is 1.85. The summed E-state index contributed by atoms with van der Waals surface area (Å²) in [5.41, 5.74) is 0. The summed E-state index contributed by atoms with van der Waals surface area (Å²) in [4.78, 5) is 0. The zero-order chi connectivity index (χ0) is 6.24. The Balaban J connectivity index is 2.53. The number of hydrogen-bond donors (Lipinski definition) is 1. The molecule has 1 nitrogen and oxygen atoms in total. The lowest BCUT2D eigenvalue weighted by molar-refractivity contribution is 0.454. The smallest absolute Gasteiger partial charge is 0.0894 e.